The molecule has 0 unspecified atom stereocenters. The number of aromatic nitrogens is 2. The number of carbonyl (C=O) groups is 1. The van der Waals surface area contributed by atoms with Gasteiger partial charge in [0.1, 0.15) is 18.8 Å². The molecule has 1 heterocycles. The predicted octanol–water partition coefficient (Wildman–Crippen LogP) is 2.33. The van der Waals surface area contributed by atoms with Gasteiger partial charge in [0.15, 0.2) is 0 Å². The van der Waals surface area contributed by atoms with Gasteiger partial charge in [0.2, 0.25) is 5.88 Å². The summed E-state index contributed by atoms with van der Waals surface area (Å²) in [5.41, 5.74) is 1.06. The molecular formula is C15H17N3O3. The third-order valence-electron chi connectivity index (χ3n) is 2.75. The summed E-state index contributed by atoms with van der Waals surface area (Å²) in [6.45, 7) is 0.984. The Bertz CT molecular complexity index is 575. The van der Waals surface area contributed by atoms with Gasteiger partial charge in [-0.05, 0) is 12.0 Å². The van der Waals surface area contributed by atoms with E-state index in [1.165, 1.54) is 6.33 Å². The maximum atomic E-state index is 10.4. The van der Waals surface area contributed by atoms with Gasteiger partial charge in [-0.2, -0.15) is 0 Å². The Morgan fingerprint density at radius 1 is 1.24 bits per heavy atom. The van der Waals surface area contributed by atoms with E-state index in [-0.39, 0.29) is 6.42 Å². The molecule has 0 bridgehead atoms. The number of ether oxygens (including phenoxy) is 1. The van der Waals surface area contributed by atoms with E-state index in [4.69, 9.17) is 9.84 Å². The van der Waals surface area contributed by atoms with E-state index >= 15 is 0 Å². The number of anilines is 1. The Balaban J connectivity index is 1.81. The highest BCUT2D eigenvalue weighted by atomic mass is 16.5. The topological polar surface area (TPSA) is 84.3 Å². The normalized spacial score (nSPS) is 10.1. The zero-order chi connectivity index (χ0) is 14.9. The second kappa shape index (κ2) is 7.84. The molecule has 0 spiro atoms. The first-order valence-electron chi connectivity index (χ1n) is 6.68. The lowest BCUT2D eigenvalue weighted by Crippen LogP contribution is -2.06. The van der Waals surface area contributed by atoms with Crippen LogP contribution in [-0.2, 0) is 11.4 Å². The van der Waals surface area contributed by atoms with Gasteiger partial charge in [-0.1, -0.05) is 30.3 Å². The molecule has 0 aliphatic heterocycles. The van der Waals surface area contributed by atoms with Crippen molar-refractivity contribution in [3.05, 3.63) is 48.3 Å². The summed E-state index contributed by atoms with van der Waals surface area (Å²) in [4.78, 5) is 18.5. The van der Waals surface area contributed by atoms with Crippen LogP contribution < -0.4 is 10.1 Å². The van der Waals surface area contributed by atoms with Crippen LogP contribution in [0.1, 0.15) is 18.4 Å². The van der Waals surface area contributed by atoms with Crippen LogP contribution in [-0.4, -0.2) is 27.6 Å². The molecule has 110 valence electrons. The van der Waals surface area contributed by atoms with Crippen LogP contribution in [0.3, 0.4) is 0 Å². The molecule has 2 N–H and O–H groups in total. The molecule has 0 fully saturated rings. The van der Waals surface area contributed by atoms with Crippen molar-refractivity contribution in [1.82, 2.24) is 9.97 Å². The second-order valence-corrected chi connectivity index (χ2v) is 4.44. The first-order valence-corrected chi connectivity index (χ1v) is 6.68. The molecule has 21 heavy (non-hydrogen) atoms. The highest BCUT2D eigenvalue weighted by molar-refractivity contribution is 5.66. The fraction of sp³-hybridized carbons (Fsp3) is 0.267. The zero-order valence-electron chi connectivity index (χ0n) is 11.5. The van der Waals surface area contributed by atoms with E-state index < -0.39 is 5.97 Å². The Morgan fingerprint density at radius 3 is 2.81 bits per heavy atom. The number of carboxylic acids is 1. The first kappa shape index (κ1) is 14.8. The minimum absolute atomic E-state index is 0.134. The molecule has 2 aromatic rings. The van der Waals surface area contributed by atoms with Gasteiger partial charge >= 0.3 is 5.97 Å². The second-order valence-electron chi connectivity index (χ2n) is 4.44. The fourth-order valence-corrected chi connectivity index (χ4v) is 1.70. The number of aliphatic carboxylic acids is 1. The largest absolute Gasteiger partial charge is 0.481 e. The van der Waals surface area contributed by atoms with Gasteiger partial charge in [-0.15, -0.1) is 0 Å². The predicted molar refractivity (Wildman–Crippen MR) is 78.2 cm³/mol. The number of rotatable bonds is 8. The third kappa shape index (κ3) is 5.48. The van der Waals surface area contributed by atoms with E-state index in [9.17, 15) is 4.79 Å². The van der Waals surface area contributed by atoms with Gasteiger partial charge < -0.3 is 15.2 Å². The standard InChI is InChI=1S/C15H17N3O3/c19-15(20)7-4-8-16-13-9-14(18-11-17-13)21-10-12-5-2-1-3-6-12/h1-3,5-6,9,11H,4,7-8,10H2,(H,19,20)(H,16,17,18). The Hall–Kier alpha value is -2.63. The van der Waals surface area contributed by atoms with Crippen molar-refractivity contribution in [3.8, 4) is 5.88 Å². The number of benzene rings is 1. The van der Waals surface area contributed by atoms with E-state index in [0.29, 0.717) is 31.3 Å². The number of nitrogens with one attached hydrogen (secondary N) is 1. The summed E-state index contributed by atoms with van der Waals surface area (Å²) in [6, 6.07) is 11.5. The number of hydrogen-bond donors (Lipinski definition) is 2. The maximum absolute atomic E-state index is 10.4. The lowest BCUT2D eigenvalue weighted by molar-refractivity contribution is -0.137. The van der Waals surface area contributed by atoms with Crippen LogP contribution in [0, 0.1) is 0 Å². The molecule has 0 amide bonds. The molecule has 0 radical (unpaired) electrons. The molecule has 6 heteroatoms. The van der Waals surface area contributed by atoms with Crippen LogP contribution in [0.2, 0.25) is 0 Å². The van der Waals surface area contributed by atoms with Crippen LogP contribution in [0.4, 0.5) is 5.82 Å². The smallest absolute Gasteiger partial charge is 0.303 e. The van der Waals surface area contributed by atoms with Gasteiger partial charge in [0.05, 0.1) is 0 Å². The van der Waals surface area contributed by atoms with E-state index in [1.54, 1.807) is 6.07 Å². The first-order chi connectivity index (χ1) is 10.2. The quantitative estimate of drug-likeness (QED) is 0.725. The van der Waals surface area contributed by atoms with Gasteiger partial charge in [0.25, 0.3) is 0 Å². The van der Waals surface area contributed by atoms with Gasteiger partial charge in [-0.25, -0.2) is 9.97 Å². The van der Waals surface area contributed by atoms with E-state index in [2.05, 4.69) is 15.3 Å². The van der Waals surface area contributed by atoms with E-state index in [0.717, 1.165) is 5.56 Å². The number of carboxylic acid groups (broad SMARTS) is 1. The zero-order valence-corrected chi connectivity index (χ0v) is 11.5. The molecule has 0 aliphatic carbocycles. The summed E-state index contributed by atoms with van der Waals surface area (Å²) in [5, 5.41) is 11.6. The molecule has 0 atom stereocenters. The fourth-order valence-electron chi connectivity index (χ4n) is 1.70. The molecule has 2 rings (SSSR count). The third-order valence-corrected chi connectivity index (χ3v) is 2.75. The number of hydrogen-bond acceptors (Lipinski definition) is 5. The van der Waals surface area contributed by atoms with E-state index in [1.807, 2.05) is 30.3 Å². The van der Waals surface area contributed by atoms with Crippen molar-refractivity contribution >= 4 is 11.8 Å². The molecule has 6 nitrogen and oxygen atoms in total. The van der Waals surface area contributed by atoms with Crippen molar-refractivity contribution in [3.63, 3.8) is 0 Å². The number of nitrogens with zero attached hydrogens (tertiary/aromatic N) is 2. The SMILES string of the molecule is O=C(O)CCCNc1cc(OCc2ccccc2)ncn1. The Labute approximate surface area is 122 Å². The van der Waals surface area contributed by atoms with Crippen molar-refractivity contribution in [2.75, 3.05) is 11.9 Å². The molecule has 0 aliphatic rings. The summed E-state index contributed by atoms with van der Waals surface area (Å²) < 4.78 is 5.59. The Kier molecular flexibility index (Phi) is 5.51. The lowest BCUT2D eigenvalue weighted by atomic mass is 10.2. The molecule has 1 aromatic carbocycles. The molecule has 0 saturated carbocycles. The highest BCUT2D eigenvalue weighted by Crippen LogP contribution is 2.13. The minimum Gasteiger partial charge on any atom is -0.481 e. The van der Waals surface area contributed by atoms with Gasteiger partial charge in [0, 0.05) is 19.0 Å². The lowest BCUT2D eigenvalue weighted by Gasteiger charge is -2.08. The summed E-state index contributed by atoms with van der Waals surface area (Å²) in [6.07, 6.45) is 2.09. The van der Waals surface area contributed by atoms with Crippen molar-refractivity contribution in [2.45, 2.75) is 19.4 Å². The maximum Gasteiger partial charge on any atom is 0.303 e. The molecular weight excluding hydrogens is 270 g/mol. The van der Waals surface area contributed by atoms with Crippen molar-refractivity contribution < 1.29 is 14.6 Å². The summed E-state index contributed by atoms with van der Waals surface area (Å²) >= 11 is 0. The van der Waals surface area contributed by atoms with Crippen LogP contribution in [0.5, 0.6) is 5.88 Å². The average Bonchev–Trinajstić information content (AvgIpc) is 2.51. The molecule has 1 aromatic heterocycles. The van der Waals surface area contributed by atoms with Crippen molar-refractivity contribution in [1.29, 1.82) is 0 Å². The summed E-state index contributed by atoms with van der Waals surface area (Å²) in [7, 11) is 0. The van der Waals surface area contributed by atoms with Crippen molar-refractivity contribution in [2.24, 2.45) is 0 Å². The average molecular weight is 287 g/mol. The van der Waals surface area contributed by atoms with Gasteiger partial charge in [-0.3, -0.25) is 4.79 Å². The van der Waals surface area contributed by atoms with Crippen LogP contribution in [0.15, 0.2) is 42.7 Å². The minimum atomic E-state index is -0.800. The summed E-state index contributed by atoms with van der Waals surface area (Å²) in [5.74, 6) is 0.305. The monoisotopic (exact) mass is 287 g/mol. The van der Waals surface area contributed by atoms with Crippen LogP contribution >= 0.6 is 0 Å². The highest BCUT2D eigenvalue weighted by Gasteiger charge is 2.01. The molecule has 0 saturated heterocycles. The van der Waals surface area contributed by atoms with Crippen LogP contribution in [0.25, 0.3) is 0 Å². The Morgan fingerprint density at radius 2 is 2.05 bits per heavy atom.